The van der Waals surface area contributed by atoms with Gasteiger partial charge in [0, 0.05) is 18.1 Å². The first-order valence-corrected chi connectivity index (χ1v) is 6.40. The molecule has 2 aliphatic heterocycles. The monoisotopic (exact) mass is 263 g/mol. The van der Waals surface area contributed by atoms with E-state index in [0.29, 0.717) is 30.5 Å². The number of nitrogens with one attached hydrogen (secondary N) is 2. The van der Waals surface area contributed by atoms with E-state index in [4.69, 9.17) is 15.2 Å². The molecule has 0 aliphatic carbocycles. The van der Waals surface area contributed by atoms with Gasteiger partial charge in [-0.3, -0.25) is 4.79 Å². The van der Waals surface area contributed by atoms with Crippen LogP contribution in [0.2, 0.25) is 0 Å². The maximum atomic E-state index is 11.3. The lowest BCUT2D eigenvalue weighted by molar-refractivity contribution is 0.0999. The Morgan fingerprint density at radius 3 is 3.11 bits per heavy atom. The van der Waals surface area contributed by atoms with Crippen molar-refractivity contribution < 1.29 is 14.3 Å². The number of primary amides is 1. The van der Waals surface area contributed by atoms with Gasteiger partial charge in [-0.15, -0.1) is 0 Å². The van der Waals surface area contributed by atoms with E-state index in [-0.39, 0.29) is 0 Å². The van der Waals surface area contributed by atoms with Crippen molar-refractivity contribution in [3.8, 4) is 5.75 Å². The normalized spacial score (nSPS) is 20.5. The minimum atomic E-state index is -0.453. The molecule has 3 rings (SSSR count). The van der Waals surface area contributed by atoms with E-state index in [2.05, 4.69) is 10.6 Å². The molecule has 0 saturated carbocycles. The Morgan fingerprint density at radius 1 is 1.47 bits per heavy atom. The third-order valence-corrected chi connectivity index (χ3v) is 3.43. The molecular formula is C13H17N3O3. The Morgan fingerprint density at radius 2 is 2.37 bits per heavy atom. The van der Waals surface area contributed by atoms with Crippen molar-refractivity contribution in [2.45, 2.75) is 6.42 Å². The van der Waals surface area contributed by atoms with Gasteiger partial charge in [-0.2, -0.15) is 0 Å². The summed E-state index contributed by atoms with van der Waals surface area (Å²) >= 11 is 0. The summed E-state index contributed by atoms with van der Waals surface area (Å²) in [6.45, 7) is 2.76. The number of rotatable bonds is 4. The predicted octanol–water partition coefficient (Wildman–Crippen LogP) is 0.996. The summed E-state index contributed by atoms with van der Waals surface area (Å²) in [5.74, 6) is 0.635. The molecule has 1 saturated heterocycles. The Hall–Kier alpha value is -1.95. The van der Waals surface area contributed by atoms with Crippen LogP contribution < -0.4 is 21.1 Å². The minimum Gasteiger partial charge on any atom is -0.491 e. The van der Waals surface area contributed by atoms with Crippen molar-refractivity contribution in [2.75, 3.05) is 37.1 Å². The van der Waals surface area contributed by atoms with Gasteiger partial charge in [0.25, 0.3) is 0 Å². The van der Waals surface area contributed by atoms with E-state index in [0.717, 1.165) is 31.0 Å². The molecule has 1 unspecified atom stereocenters. The van der Waals surface area contributed by atoms with Crippen molar-refractivity contribution in [2.24, 2.45) is 11.7 Å². The third-order valence-electron chi connectivity index (χ3n) is 3.43. The largest absolute Gasteiger partial charge is 0.491 e. The molecule has 1 atom stereocenters. The average molecular weight is 263 g/mol. The number of amides is 1. The second kappa shape index (κ2) is 4.97. The maximum Gasteiger partial charge on any atom is 0.248 e. The van der Waals surface area contributed by atoms with E-state index in [1.165, 1.54) is 0 Å². The first-order valence-electron chi connectivity index (χ1n) is 6.40. The van der Waals surface area contributed by atoms with Crippen LogP contribution in [0, 0.1) is 5.92 Å². The van der Waals surface area contributed by atoms with Gasteiger partial charge >= 0.3 is 0 Å². The van der Waals surface area contributed by atoms with Crippen LogP contribution in [-0.4, -0.2) is 32.4 Å². The zero-order valence-corrected chi connectivity index (χ0v) is 10.6. The first-order chi connectivity index (χ1) is 9.24. The lowest BCUT2D eigenvalue weighted by Gasteiger charge is -2.14. The maximum absolute atomic E-state index is 11.3. The number of carbonyl (C=O) groups is 1. The zero-order chi connectivity index (χ0) is 13.2. The van der Waals surface area contributed by atoms with Crippen LogP contribution in [0.25, 0.3) is 0 Å². The number of hydrogen-bond donors (Lipinski definition) is 3. The highest BCUT2D eigenvalue weighted by molar-refractivity contribution is 5.97. The van der Waals surface area contributed by atoms with Gasteiger partial charge in [-0.1, -0.05) is 0 Å². The second-order valence-corrected chi connectivity index (χ2v) is 4.83. The molecule has 0 aromatic heterocycles. The zero-order valence-electron chi connectivity index (χ0n) is 10.6. The SMILES string of the molecule is NC(=O)c1cc2c(c(OCC3CCOC3)c1)NCN2. The van der Waals surface area contributed by atoms with Crippen molar-refractivity contribution in [1.82, 2.24) is 0 Å². The van der Waals surface area contributed by atoms with Gasteiger partial charge < -0.3 is 25.8 Å². The van der Waals surface area contributed by atoms with Gasteiger partial charge in [0.2, 0.25) is 5.91 Å². The van der Waals surface area contributed by atoms with Crippen LogP contribution in [0.1, 0.15) is 16.8 Å². The molecular weight excluding hydrogens is 246 g/mol. The van der Waals surface area contributed by atoms with Gasteiger partial charge in [-0.25, -0.2) is 0 Å². The number of nitrogens with two attached hydrogens (primary N) is 1. The fourth-order valence-corrected chi connectivity index (χ4v) is 2.34. The van der Waals surface area contributed by atoms with Crippen molar-refractivity contribution in [3.63, 3.8) is 0 Å². The summed E-state index contributed by atoms with van der Waals surface area (Å²) in [6.07, 6.45) is 1.02. The summed E-state index contributed by atoms with van der Waals surface area (Å²) < 4.78 is 11.2. The summed E-state index contributed by atoms with van der Waals surface area (Å²) in [6, 6.07) is 3.43. The highest BCUT2D eigenvalue weighted by Crippen LogP contribution is 2.37. The molecule has 19 heavy (non-hydrogen) atoms. The molecule has 102 valence electrons. The quantitative estimate of drug-likeness (QED) is 0.754. The number of anilines is 2. The van der Waals surface area contributed by atoms with Crippen molar-refractivity contribution >= 4 is 17.3 Å². The van der Waals surface area contributed by atoms with E-state index in [9.17, 15) is 4.79 Å². The Balaban J connectivity index is 1.80. The average Bonchev–Trinajstić information content (AvgIpc) is 3.06. The van der Waals surface area contributed by atoms with Crippen molar-refractivity contribution in [1.29, 1.82) is 0 Å². The molecule has 2 aliphatic rings. The standard InChI is InChI=1S/C13H17N3O3/c14-13(17)9-3-10-12(16-7-15-10)11(4-9)19-6-8-1-2-18-5-8/h3-4,8,15-16H,1-2,5-7H2,(H2,14,17). The van der Waals surface area contributed by atoms with Crippen LogP contribution in [0.15, 0.2) is 12.1 Å². The van der Waals surface area contributed by atoms with Crippen LogP contribution >= 0.6 is 0 Å². The van der Waals surface area contributed by atoms with Crippen LogP contribution in [0.5, 0.6) is 5.75 Å². The third kappa shape index (κ3) is 2.44. The number of benzene rings is 1. The number of hydrogen-bond acceptors (Lipinski definition) is 5. The Labute approximate surface area is 111 Å². The minimum absolute atomic E-state index is 0.419. The molecule has 2 heterocycles. The number of ether oxygens (including phenoxy) is 2. The molecule has 1 amide bonds. The van der Waals surface area contributed by atoms with Crippen LogP contribution in [-0.2, 0) is 4.74 Å². The molecule has 1 aromatic rings. The molecule has 0 spiro atoms. The summed E-state index contributed by atoms with van der Waals surface area (Å²) in [5.41, 5.74) is 7.53. The van der Waals surface area contributed by atoms with Gasteiger partial charge in [-0.05, 0) is 18.6 Å². The smallest absolute Gasteiger partial charge is 0.248 e. The molecule has 0 bridgehead atoms. The molecule has 6 nitrogen and oxygen atoms in total. The van der Waals surface area contributed by atoms with E-state index < -0.39 is 5.91 Å². The molecule has 6 heteroatoms. The predicted molar refractivity (Wildman–Crippen MR) is 71.5 cm³/mol. The van der Waals surface area contributed by atoms with Crippen LogP contribution in [0.3, 0.4) is 0 Å². The highest BCUT2D eigenvalue weighted by Gasteiger charge is 2.21. The summed E-state index contributed by atoms with van der Waals surface area (Å²) in [5, 5.41) is 6.33. The fraction of sp³-hybridized carbons (Fsp3) is 0.462. The molecule has 0 radical (unpaired) electrons. The van der Waals surface area contributed by atoms with Crippen molar-refractivity contribution in [3.05, 3.63) is 17.7 Å². The van der Waals surface area contributed by atoms with E-state index in [1.54, 1.807) is 12.1 Å². The fourth-order valence-electron chi connectivity index (χ4n) is 2.34. The number of fused-ring (bicyclic) bond motifs is 1. The Kier molecular flexibility index (Phi) is 3.16. The molecule has 1 aromatic carbocycles. The van der Waals surface area contributed by atoms with E-state index in [1.807, 2.05) is 0 Å². The number of carbonyl (C=O) groups excluding carboxylic acids is 1. The Bertz CT molecular complexity index is 498. The topological polar surface area (TPSA) is 85.6 Å². The van der Waals surface area contributed by atoms with Gasteiger partial charge in [0.15, 0.2) is 0 Å². The summed E-state index contributed by atoms with van der Waals surface area (Å²) in [7, 11) is 0. The van der Waals surface area contributed by atoms with E-state index >= 15 is 0 Å². The van der Waals surface area contributed by atoms with Gasteiger partial charge in [0.1, 0.15) is 11.4 Å². The lowest BCUT2D eigenvalue weighted by atomic mass is 10.1. The second-order valence-electron chi connectivity index (χ2n) is 4.83. The highest BCUT2D eigenvalue weighted by atomic mass is 16.5. The first kappa shape index (κ1) is 12.1. The van der Waals surface area contributed by atoms with Crippen LogP contribution in [0.4, 0.5) is 11.4 Å². The van der Waals surface area contributed by atoms with Gasteiger partial charge in [0.05, 0.1) is 25.6 Å². The molecule has 1 fully saturated rings. The molecule has 4 N–H and O–H groups in total. The lowest BCUT2D eigenvalue weighted by Crippen LogP contribution is -2.14. The summed E-state index contributed by atoms with van der Waals surface area (Å²) in [4.78, 5) is 11.3.